The summed E-state index contributed by atoms with van der Waals surface area (Å²) < 4.78 is 6.73. The van der Waals surface area contributed by atoms with E-state index in [1.165, 1.54) is 0 Å². The van der Waals surface area contributed by atoms with Crippen LogP contribution in [-0.2, 0) is 6.54 Å². The first-order chi connectivity index (χ1) is 9.24. The van der Waals surface area contributed by atoms with E-state index in [1.807, 2.05) is 6.07 Å². The summed E-state index contributed by atoms with van der Waals surface area (Å²) in [6.07, 6.45) is 4.92. The third kappa shape index (κ3) is 2.37. The van der Waals surface area contributed by atoms with E-state index in [2.05, 4.69) is 15.6 Å². The molecule has 0 spiro atoms. The van der Waals surface area contributed by atoms with Gasteiger partial charge in [0.2, 0.25) is 0 Å². The van der Waals surface area contributed by atoms with Crippen molar-refractivity contribution in [3.63, 3.8) is 0 Å². The van der Waals surface area contributed by atoms with Crippen molar-refractivity contribution in [2.24, 2.45) is 0 Å². The normalized spacial score (nSPS) is 15.2. The fourth-order valence-electron chi connectivity index (χ4n) is 1.94. The zero-order valence-electron chi connectivity index (χ0n) is 10.6. The summed E-state index contributed by atoms with van der Waals surface area (Å²) in [6, 6.07) is 2.15. The maximum absolute atomic E-state index is 12.2. The van der Waals surface area contributed by atoms with Gasteiger partial charge in [-0.15, -0.1) is 5.10 Å². The van der Waals surface area contributed by atoms with Gasteiger partial charge in [0.25, 0.3) is 5.91 Å². The van der Waals surface area contributed by atoms with Crippen molar-refractivity contribution in [1.82, 2.24) is 25.2 Å². The van der Waals surface area contributed by atoms with Crippen LogP contribution in [0.15, 0.2) is 29.2 Å². The van der Waals surface area contributed by atoms with E-state index in [0.29, 0.717) is 18.3 Å². The van der Waals surface area contributed by atoms with E-state index in [1.54, 1.807) is 35.4 Å². The van der Waals surface area contributed by atoms with Crippen LogP contribution in [0, 0.1) is 0 Å². The molecule has 0 saturated carbocycles. The van der Waals surface area contributed by atoms with Crippen molar-refractivity contribution in [2.45, 2.75) is 12.6 Å². The van der Waals surface area contributed by atoms with E-state index in [9.17, 15) is 4.79 Å². The summed E-state index contributed by atoms with van der Waals surface area (Å²) in [4.78, 5) is 13.8. The quantitative estimate of drug-likeness (QED) is 0.856. The minimum atomic E-state index is -0.139. The Hall–Kier alpha value is -2.15. The molecule has 1 saturated heterocycles. The Morgan fingerprint density at radius 1 is 1.63 bits per heavy atom. The van der Waals surface area contributed by atoms with Gasteiger partial charge in [-0.1, -0.05) is 5.21 Å². The molecule has 1 aliphatic heterocycles. The van der Waals surface area contributed by atoms with Gasteiger partial charge in [0.05, 0.1) is 24.8 Å². The largest absolute Gasteiger partial charge is 0.472 e. The second-order valence-electron chi connectivity index (χ2n) is 4.69. The van der Waals surface area contributed by atoms with Gasteiger partial charge in [-0.05, 0) is 6.07 Å². The predicted octanol–water partition coefficient (Wildman–Crippen LogP) is 0.288. The molecule has 2 aromatic heterocycles. The summed E-state index contributed by atoms with van der Waals surface area (Å²) >= 11 is 0. The van der Waals surface area contributed by atoms with Gasteiger partial charge >= 0.3 is 0 Å². The lowest BCUT2D eigenvalue weighted by atomic mass is 10.2. The molecule has 19 heavy (non-hydrogen) atoms. The number of hydrogen-bond donors (Lipinski definition) is 1. The standard InChI is InChI=1S/C12H15N5O2/c1-16(6-9-2-3-19-8-9)12(18)11-7-17(15-14-11)10-4-13-5-10/h2-3,7-8,10,13H,4-6H2,1H3. The van der Waals surface area contributed by atoms with Gasteiger partial charge in [0.15, 0.2) is 5.69 Å². The smallest absolute Gasteiger partial charge is 0.276 e. The van der Waals surface area contributed by atoms with Crippen LogP contribution in [0.2, 0.25) is 0 Å². The number of carbonyl (C=O) groups is 1. The van der Waals surface area contributed by atoms with E-state index < -0.39 is 0 Å². The van der Waals surface area contributed by atoms with Crippen LogP contribution in [0.4, 0.5) is 0 Å². The van der Waals surface area contributed by atoms with Gasteiger partial charge in [-0.3, -0.25) is 4.79 Å². The van der Waals surface area contributed by atoms with E-state index >= 15 is 0 Å². The molecule has 100 valence electrons. The number of amides is 1. The molecular weight excluding hydrogens is 246 g/mol. The second-order valence-corrected chi connectivity index (χ2v) is 4.69. The number of carbonyl (C=O) groups excluding carboxylic acids is 1. The van der Waals surface area contributed by atoms with Crippen LogP contribution in [0.25, 0.3) is 0 Å². The number of nitrogens with zero attached hydrogens (tertiary/aromatic N) is 4. The molecule has 1 aliphatic rings. The van der Waals surface area contributed by atoms with Crippen molar-refractivity contribution < 1.29 is 9.21 Å². The van der Waals surface area contributed by atoms with Crippen molar-refractivity contribution in [1.29, 1.82) is 0 Å². The molecule has 2 aromatic rings. The molecule has 3 rings (SSSR count). The lowest BCUT2D eigenvalue weighted by Gasteiger charge is -2.26. The van der Waals surface area contributed by atoms with Crippen molar-refractivity contribution >= 4 is 5.91 Å². The molecule has 7 nitrogen and oxygen atoms in total. The number of rotatable bonds is 4. The average molecular weight is 261 g/mol. The fraction of sp³-hybridized carbons (Fsp3) is 0.417. The van der Waals surface area contributed by atoms with E-state index in [4.69, 9.17) is 4.42 Å². The van der Waals surface area contributed by atoms with Crippen molar-refractivity contribution in [3.8, 4) is 0 Å². The Morgan fingerprint density at radius 2 is 2.47 bits per heavy atom. The minimum Gasteiger partial charge on any atom is -0.472 e. The molecule has 1 N–H and O–H groups in total. The molecule has 7 heteroatoms. The SMILES string of the molecule is CN(Cc1ccoc1)C(=O)c1cn(C2CNC2)nn1. The topological polar surface area (TPSA) is 76.2 Å². The zero-order chi connectivity index (χ0) is 13.2. The van der Waals surface area contributed by atoms with Crippen LogP contribution in [0.1, 0.15) is 22.1 Å². The van der Waals surface area contributed by atoms with Crippen LogP contribution >= 0.6 is 0 Å². The molecule has 0 unspecified atom stereocenters. The lowest BCUT2D eigenvalue weighted by Crippen LogP contribution is -2.43. The Bertz CT molecular complexity index is 558. The predicted molar refractivity (Wildman–Crippen MR) is 66.4 cm³/mol. The van der Waals surface area contributed by atoms with E-state index in [0.717, 1.165) is 18.7 Å². The van der Waals surface area contributed by atoms with E-state index in [-0.39, 0.29) is 5.91 Å². The first-order valence-corrected chi connectivity index (χ1v) is 6.13. The molecule has 0 aromatic carbocycles. The maximum atomic E-state index is 12.2. The first kappa shape index (κ1) is 11.9. The number of nitrogens with one attached hydrogen (secondary N) is 1. The summed E-state index contributed by atoms with van der Waals surface area (Å²) in [5.74, 6) is -0.139. The van der Waals surface area contributed by atoms with Gasteiger partial charge in [-0.25, -0.2) is 4.68 Å². The van der Waals surface area contributed by atoms with Crippen molar-refractivity contribution in [3.05, 3.63) is 36.0 Å². The Kier molecular flexibility index (Phi) is 3.04. The van der Waals surface area contributed by atoms with Gasteiger partial charge in [0.1, 0.15) is 0 Å². The molecule has 0 bridgehead atoms. The van der Waals surface area contributed by atoms with Crippen LogP contribution < -0.4 is 5.32 Å². The Balaban J connectivity index is 1.67. The molecule has 0 atom stereocenters. The monoisotopic (exact) mass is 261 g/mol. The highest BCUT2D eigenvalue weighted by molar-refractivity contribution is 5.91. The average Bonchev–Trinajstić information content (AvgIpc) is 2.97. The van der Waals surface area contributed by atoms with Gasteiger partial charge in [0, 0.05) is 32.2 Å². The molecule has 1 amide bonds. The number of furan rings is 1. The summed E-state index contributed by atoms with van der Waals surface area (Å²) in [6.45, 7) is 2.25. The summed E-state index contributed by atoms with van der Waals surface area (Å²) in [7, 11) is 1.74. The first-order valence-electron chi connectivity index (χ1n) is 6.13. The second kappa shape index (κ2) is 4.85. The number of hydrogen-bond acceptors (Lipinski definition) is 5. The van der Waals surface area contributed by atoms with Gasteiger partial charge < -0.3 is 14.6 Å². The Labute approximate surface area is 110 Å². The molecule has 0 aliphatic carbocycles. The highest BCUT2D eigenvalue weighted by Crippen LogP contribution is 2.11. The van der Waals surface area contributed by atoms with Crippen LogP contribution in [0.3, 0.4) is 0 Å². The molecule has 0 radical (unpaired) electrons. The summed E-state index contributed by atoms with van der Waals surface area (Å²) in [5, 5.41) is 11.1. The van der Waals surface area contributed by atoms with Gasteiger partial charge in [-0.2, -0.15) is 0 Å². The third-order valence-corrected chi connectivity index (χ3v) is 3.21. The van der Waals surface area contributed by atoms with Crippen LogP contribution in [0.5, 0.6) is 0 Å². The van der Waals surface area contributed by atoms with Crippen LogP contribution in [-0.4, -0.2) is 45.9 Å². The van der Waals surface area contributed by atoms with Crippen molar-refractivity contribution in [2.75, 3.05) is 20.1 Å². The third-order valence-electron chi connectivity index (χ3n) is 3.21. The molecule has 3 heterocycles. The highest BCUT2D eigenvalue weighted by atomic mass is 16.3. The Morgan fingerprint density at radius 3 is 3.11 bits per heavy atom. The summed E-state index contributed by atoms with van der Waals surface area (Å²) in [5.41, 5.74) is 1.32. The maximum Gasteiger partial charge on any atom is 0.276 e. The number of aromatic nitrogens is 3. The molecular formula is C12H15N5O2. The highest BCUT2D eigenvalue weighted by Gasteiger charge is 2.22. The fourth-order valence-corrected chi connectivity index (χ4v) is 1.94. The minimum absolute atomic E-state index is 0.139. The molecule has 1 fully saturated rings. The zero-order valence-corrected chi connectivity index (χ0v) is 10.6. The lowest BCUT2D eigenvalue weighted by molar-refractivity contribution is 0.0779.